The Kier molecular flexibility index (Phi) is 6.66. The van der Waals surface area contributed by atoms with Crippen molar-refractivity contribution < 1.29 is 9.66 Å². The molecule has 3 aromatic rings. The summed E-state index contributed by atoms with van der Waals surface area (Å²) in [5.74, 6) is 1.13. The first-order valence-electron chi connectivity index (χ1n) is 9.06. The minimum absolute atomic E-state index is 0.0223. The lowest BCUT2D eigenvalue weighted by Crippen LogP contribution is -2.11. The van der Waals surface area contributed by atoms with Crippen LogP contribution >= 0.6 is 11.8 Å². The van der Waals surface area contributed by atoms with Crippen molar-refractivity contribution >= 4 is 17.4 Å². The fraction of sp³-hybridized carbons (Fsp3) is 0.238. The van der Waals surface area contributed by atoms with E-state index in [1.807, 2.05) is 13.8 Å². The van der Waals surface area contributed by atoms with E-state index in [0.29, 0.717) is 29.7 Å². The van der Waals surface area contributed by atoms with Crippen LogP contribution in [0.25, 0.3) is 0 Å². The van der Waals surface area contributed by atoms with E-state index in [-0.39, 0.29) is 11.2 Å². The first kappa shape index (κ1) is 20.6. The van der Waals surface area contributed by atoms with Gasteiger partial charge in [-0.15, -0.1) is 0 Å². The maximum absolute atomic E-state index is 12.0. The molecular weight excluding hydrogens is 390 g/mol. The Morgan fingerprint density at radius 1 is 1.10 bits per heavy atom. The van der Waals surface area contributed by atoms with Crippen molar-refractivity contribution in [2.45, 2.75) is 25.4 Å². The third-order valence-corrected chi connectivity index (χ3v) is 4.92. The Labute approximate surface area is 172 Å². The fourth-order valence-corrected chi connectivity index (χ4v) is 3.70. The van der Waals surface area contributed by atoms with E-state index in [4.69, 9.17) is 4.74 Å². The number of benzene rings is 2. The SMILES string of the molecule is Cc1cc(C)cc(Cc2cc(=O)[nH]c(SCCOc3ccc([N+](=O)[O-])cc3)n2)c1. The molecule has 0 amide bonds. The molecular formula is C21H21N3O4S. The topological polar surface area (TPSA) is 98.1 Å². The fourth-order valence-electron chi connectivity index (χ4n) is 2.98. The highest BCUT2D eigenvalue weighted by Crippen LogP contribution is 2.19. The first-order chi connectivity index (χ1) is 13.9. The number of rotatable bonds is 8. The van der Waals surface area contributed by atoms with Crippen LogP contribution in [0.4, 0.5) is 5.69 Å². The zero-order valence-electron chi connectivity index (χ0n) is 16.2. The summed E-state index contributed by atoms with van der Waals surface area (Å²) in [6.45, 7) is 4.48. The molecule has 0 fully saturated rings. The third-order valence-electron chi connectivity index (χ3n) is 4.08. The Morgan fingerprint density at radius 2 is 1.79 bits per heavy atom. The maximum atomic E-state index is 12.0. The Balaban J connectivity index is 1.57. The quantitative estimate of drug-likeness (QED) is 0.197. The molecule has 29 heavy (non-hydrogen) atoms. The molecule has 1 heterocycles. The highest BCUT2D eigenvalue weighted by atomic mass is 32.2. The van der Waals surface area contributed by atoms with Gasteiger partial charge in [-0.05, 0) is 31.5 Å². The highest BCUT2D eigenvalue weighted by Gasteiger charge is 2.06. The standard InChI is InChI=1S/C21H21N3O4S/c1-14-9-15(2)11-16(10-14)12-17-13-20(25)23-21(22-17)29-8-7-28-19-5-3-18(4-6-19)24(26)27/h3-6,9-11,13H,7-8,12H2,1-2H3,(H,22,23,25). The summed E-state index contributed by atoms with van der Waals surface area (Å²) in [7, 11) is 0. The summed E-state index contributed by atoms with van der Waals surface area (Å²) in [5.41, 5.74) is 4.05. The van der Waals surface area contributed by atoms with Crippen molar-refractivity contribution in [2.24, 2.45) is 0 Å². The normalized spacial score (nSPS) is 10.7. The molecule has 0 saturated carbocycles. The number of H-pyrrole nitrogens is 1. The molecule has 0 bridgehead atoms. The lowest BCUT2D eigenvalue weighted by Gasteiger charge is -2.07. The largest absolute Gasteiger partial charge is 0.493 e. The number of nitro groups is 1. The number of non-ortho nitro benzene ring substituents is 1. The molecule has 7 nitrogen and oxygen atoms in total. The molecule has 8 heteroatoms. The second kappa shape index (κ2) is 9.38. The number of aromatic amines is 1. The van der Waals surface area contributed by atoms with Crippen molar-refractivity contribution in [3.8, 4) is 5.75 Å². The molecule has 2 aromatic carbocycles. The van der Waals surface area contributed by atoms with E-state index >= 15 is 0 Å². The van der Waals surface area contributed by atoms with Crippen LogP contribution in [-0.2, 0) is 6.42 Å². The van der Waals surface area contributed by atoms with Crippen LogP contribution in [-0.4, -0.2) is 27.3 Å². The summed E-state index contributed by atoms with van der Waals surface area (Å²) >= 11 is 1.39. The molecule has 1 N–H and O–H groups in total. The van der Waals surface area contributed by atoms with Gasteiger partial charge in [-0.2, -0.15) is 0 Å². The van der Waals surface area contributed by atoms with E-state index in [9.17, 15) is 14.9 Å². The lowest BCUT2D eigenvalue weighted by molar-refractivity contribution is -0.384. The first-order valence-corrected chi connectivity index (χ1v) is 10.0. The molecule has 0 aliphatic rings. The van der Waals surface area contributed by atoms with Gasteiger partial charge in [0, 0.05) is 30.4 Å². The van der Waals surface area contributed by atoms with Gasteiger partial charge >= 0.3 is 0 Å². The third kappa shape index (κ3) is 6.18. The van der Waals surface area contributed by atoms with Crippen LogP contribution in [0.1, 0.15) is 22.4 Å². The number of nitrogens with zero attached hydrogens (tertiary/aromatic N) is 2. The van der Waals surface area contributed by atoms with E-state index in [2.05, 4.69) is 28.2 Å². The van der Waals surface area contributed by atoms with E-state index < -0.39 is 4.92 Å². The van der Waals surface area contributed by atoms with E-state index in [1.165, 1.54) is 41.1 Å². The second-order valence-electron chi connectivity index (χ2n) is 6.66. The number of hydrogen-bond acceptors (Lipinski definition) is 6. The number of ether oxygens (including phenoxy) is 1. The van der Waals surface area contributed by atoms with Crippen molar-refractivity contribution in [2.75, 3.05) is 12.4 Å². The van der Waals surface area contributed by atoms with Gasteiger partial charge in [0.15, 0.2) is 5.16 Å². The molecule has 0 aliphatic carbocycles. The summed E-state index contributed by atoms with van der Waals surface area (Å²) in [4.78, 5) is 29.5. The van der Waals surface area contributed by atoms with Gasteiger partial charge in [0.25, 0.3) is 11.2 Å². The van der Waals surface area contributed by atoms with E-state index in [0.717, 1.165) is 11.3 Å². The molecule has 1 aromatic heterocycles. The summed E-state index contributed by atoms with van der Waals surface area (Å²) < 4.78 is 5.58. The summed E-state index contributed by atoms with van der Waals surface area (Å²) in [6, 6.07) is 13.8. The number of aromatic nitrogens is 2. The number of thioether (sulfide) groups is 1. The van der Waals surface area contributed by atoms with Gasteiger partial charge < -0.3 is 9.72 Å². The molecule has 3 rings (SSSR count). The number of hydrogen-bond donors (Lipinski definition) is 1. The molecule has 0 atom stereocenters. The molecule has 0 spiro atoms. The Hall–Kier alpha value is -3.13. The highest BCUT2D eigenvalue weighted by molar-refractivity contribution is 7.99. The van der Waals surface area contributed by atoms with Crippen LogP contribution in [0.3, 0.4) is 0 Å². The predicted octanol–water partition coefficient (Wildman–Crippen LogP) is 4.06. The molecule has 0 saturated heterocycles. The molecule has 0 radical (unpaired) electrons. The van der Waals surface area contributed by atoms with Crippen molar-refractivity contribution in [3.05, 3.63) is 91.4 Å². The predicted molar refractivity (Wildman–Crippen MR) is 113 cm³/mol. The lowest BCUT2D eigenvalue weighted by atomic mass is 10.0. The van der Waals surface area contributed by atoms with Crippen molar-refractivity contribution in [1.82, 2.24) is 9.97 Å². The average molecular weight is 411 g/mol. The van der Waals surface area contributed by atoms with Crippen LogP contribution in [0.15, 0.2) is 58.5 Å². The monoisotopic (exact) mass is 411 g/mol. The van der Waals surface area contributed by atoms with Crippen LogP contribution in [0.5, 0.6) is 5.75 Å². The average Bonchev–Trinajstić information content (AvgIpc) is 2.64. The van der Waals surface area contributed by atoms with Crippen LogP contribution in [0.2, 0.25) is 0 Å². The minimum Gasteiger partial charge on any atom is -0.493 e. The smallest absolute Gasteiger partial charge is 0.269 e. The minimum atomic E-state index is -0.452. The van der Waals surface area contributed by atoms with Gasteiger partial charge in [0.05, 0.1) is 17.2 Å². The van der Waals surface area contributed by atoms with Crippen molar-refractivity contribution in [1.29, 1.82) is 0 Å². The van der Waals surface area contributed by atoms with Crippen LogP contribution < -0.4 is 10.3 Å². The van der Waals surface area contributed by atoms with E-state index in [1.54, 1.807) is 12.1 Å². The van der Waals surface area contributed by atoms with Gasteiger partial charge in [-0.3, -0.25) is 14.9 Å². The zero-order chi connectivity index (χ0) is 20.8. The number of nitrogens with one attached hydrogen (secondary N) is 1. The maximum Gasteiger partial charge on any atom is 0.269 e. The molecule has 0 unspecified atom stereocenters. The van der Waals surface area contributed by atoms with Gasteiger partial charge in [0.2, 0.25) is 0 Å². The molecule has 150 valence electrons. The Morgan fingerprint density at radius 3 is 2.45 bits per heavy atom. The molecule has 0 aliphatic heterocycles. The van der Waals surface area contributed by atoms with Gasteiger partial charge in [-0.1, -0.05) is 41.1 Å². The van der Waals surface area contributed by atoms with Crippen LogP contribution in [0, 0.1) is 24.0 Å². The second-order valence-corrected chi connectivity index (χ2v) is 7.75. The van der Waals surface area contributed by atoms with Gasteiger partial charge in [0.1, 0.15) is 5.75 Å². The van der Waals surface area contributed by atoms with Crippen molar-refractivity contribution in [3.63, 3.8) is 0 Å². The number of nitro benzene ring substituents is 1. The summed E-state index contributed by atoms with van der Waals surface area (Å²) in [6.07, 6.45) is 0.597. The summed E-state index contributed by atoms with van der Waals surface area (Å²) in [5, 5.41) is 11.2. The Bertz CT molecular complexity index is 1040. The number of aryl methyl sites for hydroxylation is 2. The van der Waals surface area contributed by atoms with Gasteiger partial charge in [-0.25, -0.2) is 4.98 Å². The zero-order valence-corrected chi connectivity index (χ0v) is 17.0.